The molecule has 1 heterocycles. The number of hydrogen-bond donors (Lipinski definition) is 1. The molecule has 76 valence electrons. The van der Waals surface area contributed by atoms with Crippen molar-refractivity contribution in [3.8, 4) is 11.5 Å². The van der Waals surface area contributed by atoms with E-state index in [1.807, 2.05) is 31.2 Å². The number of aliphatic hydroxyl groups excluding tert-OH is 1. The standard InChI is InChI=1S/C11H14O3/c1-8(6-12)11-7-13-9-4-2-3-5-10(9)14-11/h2-5,8,11-12H,6-7H2,1H3/t8-,11?/m0/s1. The molecule has 3 heteroatoms. The highest BCUT2D eigenvalue weighted by atomic mass is 16.6. The summed E-state index contributed by atoms with van der Waals surface area (Å²) >= 11 is 0. The average Bonchev–Trinajstić information content (AvgIpc) is 2.27. The van der Waals surface area contributed by atoms with Gasteiger partial charge in [0.05, 0.1) is 0 Å². The van der Waals surface area contributed by atoms with Gasteiger partial charge >= 0.3 is 0 Å². The van der Waals surface area contributed by atoms with Crippen molar-refractivity contribution < 1.29 is 14.6 Å². The predicted molar refractivity (Wildman–Crippen MR) is 52.6 cm³/mol. The Hall–Kier alpha value is -1.22. The van der Waals surface area contributed by atoms with E-state index >= 15 is 0 Å². The highest BCUT2D eigenvalue weighted by molar-refractivity contribution is 5.40. The molecule has 2 atom stereocenters. The minimum Gasteiger partial charge on any atom is -0.486 e. The number of aliphatic hydroxyl groups is 1. The van der Waals surface area contributed by atoms with Crippen LogP contribution in [0.1, 0.15) is 6.92 Å². The zero-order chi connectivity index (χ0) is 9.97. The highest BCUT2D eigenvalue weighted by Gasteiger charge is 2.25. The first kappa shape index (κ1) is 9.34. The summed E-state index contributed by atoms with van der Waals surface area (Å²) in [4.78, 5) is 0. The number of benzene rings is 1. The summed E-state index contributed by atoms with van der Waals surface area (Å²) < 4.78 is 11.2. The lowest BCUT2D eigenvalue weighted by atomic mass is 10.1. The Morgan fingerprint density at radius 3 is 2.86 bits per heavy atom. The second kappa shape index (κ2) is 3.88. The van der Waals surface area contributed by atoms with Gasteiger partial charge < -0.3 is 14.6 Å². The van der Waals surface area contributed by atoms with Crippen molar-refractivity contribution in [3.63, 3.8) is 0 Å². The lowest BCUT2D eigenvalue weighted by molar-refractivity contribution is 0.0319. The number of ether oxygens (including phenoxy) is 2. The van der Waals surface area contributed by atoms with E-state index in [1.165, 1.54) is 0 Å². The molecule has 1 aliphatic rings. The third kappa shape index (κ3) is 1.68. The van der Waals surface area contributed by atoms with Gasteiger partial charge in [-0.15, -0.1) is 0 Å². The molecule has 0 saturated heterocycles. The molecule has 1 aromatic carbocycles. The molecule has 0 amide bonds. The minimum absolute atomic E-state index is 0.0464. The third-order valence-electron chi connectivity index (χ3n) is 2.45. The molecule has 0 spiro atoms. The van der Waals surface area contributed by atoms with Crippen LogP contribution in [0, 0.1) is 5.92 Å². The average molecular weight is 194 g/mol. The van der Waals surface area contributed by atoms with Crippen LogP contribution in [0.2, 0.25) is 0 Å². The molecule has 1 N–H and O–H groups in total. The monoisotopic (exact) mass is 194 g/mol. The van der Waals surface area contributed by atoms with Gasteiger partial charge in [-0.3, -0.25) is 0 Å². The normalized spacial score (nSPS) is 21.7. The Morgan fingerprint density at radius 1 is 1.43 bits per heavy atom. The van der Waals surface area contributed by atoms with Gasteiger partial charge in [-0.1, -0.05) is 19.1 Å². The molecular formula is C11H14O3. The Balaban J connectivity index is 2.13. The second-order valence-electron chi connectivity index (χ2n) is 3.57. The van der Waals surface area contributed by atoms with E-state index in [-0.39, 0.29) is 18.6 Å². The van der Waals surface area contributed by atoms with Crippen molar-refractivity contribution in [1.29, 1.82) is 0 Å². The Kier molecular flexibility index (Phi) is 2.59. The lowest BCUT2D eigenvalue weighted by Gasteiger charge is -2.29. The van der Waals surface area contributed by atoms with Gasteiger partial charge in [-0.25, -0.2) is 0 Å². The maximum atomic E-state index is 9.00. The van der Waals surface area contributed by atoms with Crippen LogP contribution in [0.15, 0.2) is 24.3 Å². The van der Waals surface area contributed by atoms with E-state index in [0.29, 0.717) is 6.61 Å². The van der Waals surface area contributed by atoms with Crippen LogP contribution in [-0.4, -0.2) is 24.4 Å². The van der Waals surface area contributed by atoms with Gasteiger partial charge in [-0.05, 0) is 12.1 Å². The van der Waals surface area contributed by atoms with Gasteiger partial charge in [0.25, 0.3) is 0 Å². The van der Waals surface area contributed by atoms with Crippen molar-refractivity contribution in [2.24, 2.45) is 5.92 Å². The zero-order valence-electron chi connectivity index (χ0n) is 8.14. The van der Waals surface area contributed by atoms with Crippen LogP contribution in [0.4, 0.5) is 0 Å². The maximum absolute atomic E-state index is 9.00. The van der Waals surface area contributed by atoms with Gasteiger partial charge in [0, 0.05) is 12.5 Å². The van der Waals surface area contributed by atoms with Crippen LogP contribution < -0.4 is 9.47 Å². The van der Waals surface area contributed by atoms with Crippen molar-refractivity contribution in [2.75, 3.05) is 13.2 Å². The van der Waals surface area contributed by atoms with Crippen molar-refractivity contribution in [3.05, 3.63) is 24.3 Å². The SMILES string of the molecule is C[C@@H](CO)C1COc2ccccc2O1. The smallest absolute Gasteiger partial charge is 0.161 e. The molecule has 14 heavy (non-hydrogen) atoms. The molecule has 0 fully saturated rings. The molecule has 0 bridgehead atoms. The number of para-hydroxylation sites is 2. The summed E-state index contributed by atoms with van der Waals surface area (Å²) in [7, 11) is 0. The van der Waals surface area contributed by atoms with E-state index in [1.54, 1.807) is 0 Å². The van der Waals surface area contributed by atoms with E-state index in [0.717, 1.165) is 11.5 Å². The van der Waals surface area contributed by atoms with E-state index < -0.39 is 0 Å². The van der Waals surface area contributed by atoms with Gasteiger partial charge in [0.15, 0.2) is 11.5 Å². The minimum atomic E-state index is -0.0464. The van der Waals surface area contributed by atoms with Crippen LogP contribution in [-0.2, 0) is 0 Å². The van der Waals surface area contributed by atoms with Gasteiger partial charge in [-0.2, -0.15) is 0 Å². The summed E-state index contributed by atoms with van der Waals surface area (Å²) in [5.74, 6) is 1.65. The quantitative estimate of drug-likeness (QED) is 0.774. The molecule has 0 aliphatic carbocycles. The van der Waals surface area contributed by atoms with Crippen LogP contribution >= 0.6 is 0 Å². The highest BCUT2D eigenvalue weighted by Crippen LogP contribution is 2.32. The molecular weight excluding hydrogens is 180 g/mol. The largest absolute Gasteiger partial charge is 0.486 e. The fraction of sp³-hybridized carbons (Fsp3) is 0.455. The van der Waals surface area contributed by atoms with Crippen molar-refractivity contribution >= 4 is 0 Å². The molecule has 0 radical (unpaired) electrons. The summed E-state index contributed by atoms with van der Waals surface area (Å²) in [6, 6.07) is 7.59. The first-order valence-corrected chi connectivity index (χ1v) is 4.80. The Bertz CT molecular complexity index is 311. The number of fused-ring (bicyclic) bond motifs is 1. The first-order valence-electron chi connectivity index (χ1n) is 4.80. The van der Waals surface area contributed by atoms with Gasteiger partial charge in [0.1, 0.15) is 12.7 Å². The first-order chi connectivity index (χ1) is 6.81. The third-order valence-corrected chi connectivity index (χ3v) is 2.45. The zero-order valence-corrected chi connectivity index (χ0v) is 8.14. The fourth-order valence-electron chi connectivity index (χ4n) is 1.43. The van der Waals surface area contributed by atoms with Crippen LogP contribution in [0.3, 0.4) is 0 Å². The maximum Gasteiger partial charge on any atom is 0.161 e. The summed E-state index contributed by atoms with van der Waals surface area (Å²) in [6.07, 6.45) is -0.0464. The van der Waals surface area contributed by atoms with E-state index in [2.05, 4.69) is 0 Å². The molecule has 0 saturated carbocycles. The Morgan fingerprint density at radius 2 is 2.14 bits per heavy atom. The van der Waals surface area contributed by atoms with Gasteiger partial charge in [0.2, 0.25) is 0 Å². The topological polar surface area (TPSA) is 38.7 Å². The molecule has 2 rings (SSSR count). The fourth-order valence-corrected chi connectivity index (χ4v) is 1.43. The second-order valence-corrected chi connectivity index (χ2v) is 3.57. The Labute approximate surface area is 83.3 Å². The molecule has 1 aromatic rings. The molecule has 1 unspecified atom stereocenters. The summed E-state index contributed by atoms with van der Waals surface area (Å²) in [5.41, 5.74) is 0. The number of hydrogen-bond acceptors (Lipinski definition) is 3. The summed E-state index contributed by atoms with van der Waals surface area (Å²) in [5, 5.41) is 9.00. The predicted octanol–water partition coefficient (Wildman–Crippen LogP) is 1.45. The van der Waals surface area contributed by atoms with E-state index in [9.17, 15) is 0 Å². The number of rotatable bonds is 2. The van der Waals surface area contributed by atoms with Crippen molar-refractivity contribution in [2.45, 2.75) is 13.0 Å². The molecule has 0 aromatic heterocycles. The van der Waals surface area contributed by atoms with Crippen molar-refractivity contribution in [1.82, 2.24) is 0 Å². The molecule has 3 nitrogen and oxygen atoms in total. The van der Waals surface area contributed by atoms with Crippen LogP contribution in [0.5, 0.6) is 11.5 Å². The van der Waals surface area contributed by atoms with Crippen LogP contribution in [0.25, 0.3) is 0 Å². The summed E-state index contributed by atoms with van der Waals surface area (Å²) in [6.45, 7) is 2.58. The molecule has 1 aliphatic heterocycles. The lowest BCUT2D eigenvalue weighted by Crippen LogP contribution is -2.36. The van der Waals surface area contributed by atoms with E-state index in [4.69, 9.17) is 14.6 Å².